The fraction of sp³-hybridized carbons (Fsp3) is 0.214. The summed E-state index contributed by atoms with van der Waals surface area (Å²) in [6.07, 6.45) is 1.38. The van der Waals surface area contributed by atoms with Crippen LogP contribution >= 0.6 is 24.0 Å². The minimum atomic E-state index is -0.883. The van der Waals surface area contributed by atoms with E-state index in [1.165, 1.54) is 26.2 Å². The molecule has 1 heterocycles. The third-order valence-electron chi connectivity index (χ3n) is 3.23. The molecule has 126 valence electrons. The van der Waals surface area contributed by atoms with Crippen molar-refractivity contribution in [3.05, 3.63) is 38.8 Å². The number of nitro benzene ring substituents is 1. The van der Waals surface area contributed by atoms with Gasteiger partial charge in [0, 0.05) is 6.07 Å². The molecule has 1 fully saturated rings. The Morgan fingerprint density at radius 1 is 1.50 bits per heavy atom. The van der Waals surface area contributed by atoms with Crippen LogP contribution in [0.4, 0.5) is 5.69 Å². The maximum Gasteiger partial charge on any atom is 0.328 e. The highest BCUT2D eigenvalue weighted by Gasteiger charge is 2.38. The van der Waals surface area contributed by atoms with Crippen LogP contribution in [0.5, 0.6) is 5.75 Å². The molecule has 0 aliphatic carbocycles. The van der Waals surface area contributed by atoms with E-state index in [0.29, 0.717) is 5.56 Å². The van der Waals surface area contributed by atoms with Crippen LogP contribution in [0, 0.1) is 10.1 Å². The molecule has 0 saturated carbocycles. The van der Waals surface area contributed by atoms with E-state index in [-0.39, 0.29) is 9.23 Å². The molecule has 24 heavy (non-hydrogen) atoms. The Balaban J connectivity index is 2.34. The summed E-state index contributed by atoms with van der Waals surface area (Å²) in [5.74, 6) is -1.83. The second-order valence-electron chi connectivity index (χ2n) is 4.74. The molecule has 1 saturated heterocycles. The topological polar surface area (TPSA) is 113 Å². The van der Waals surface area contributed by atoms with Gasteiger partial charge in [-0.3, -0.25) is 19.8 Å². The average Bonchev–Trinajstić information content (AvgIpc) is 2.81. The van der Waals surface area contributed by atoms with Crippen molar-refractivity contribution in [1.29, 1.82) is 0 Å². The van der Waals surface area contributed by atoms with Crippen LogP contribution in [0.1, 0.15) is 12.5 Å². The number of esters is 1. The molecule has 1 aromatic carbocycles. The fourth-order valence-electron chi connectivity index (χ4n) is 2.01. The van der Waals surface area contributed by atoms with E-state index in [1.807, 2.05) is 0 Å². The summed E-state index contributed by atoms with van der Waals surface area (Å²) in [6, 6.07) is 2.62. The van der Waals surface area contributed by atoms with Crippen molar-refractivity contribution in [2.24, 2.45) is 0 Å². The Morgan fingerprint density at radius 3 is 2.75 bits per heavy atom. The number of nitro groups is 1. The Labute approximate surface area is 146 Å². The van der Waals surface area contributed by atoms with Gasteiger partial charge in [0.2, 0.25) is 0 Å². The normalized spacial score (nSPS) is 17.2. The zero-order chi connectivity index (χ0) is 18.0. The molecule has 8 nitrogen and oxygen atoms in total. The third-order valence-corrected chi connectivity index (χ3v) is 4.56. The lowest BCUT2D eigenvalue weighted by atomic mass is 10.1. The number of amides is 1. The van der Waals surface area contributed by atoms with Gasteiger partial charge in [-0.1, -0.05) is 36.1 Å². The first-order chi connectivity index (χ1) is 11.3. The summed E-state index contributed by atoms with van der Waals surface area (Å²) in [5, 5.41) is 22.2. The molecule has 0 unspecified atom stereocenters. The largest absolute Gasteiger partial charge is 0.868 e. The summed E-state index contributed by atoms with van der Waals surface area (Å²) in [6.45, 7) is 1.48. The second kappa shape index (κ2) is 6.97. The number of methoxy groups -OCH3 is 1. The van der Waals surface area contributed by atoms with Crippen LogP contribution in [0.3, 0.4) is 0 Å². The van der Waals surface area contributed by atoms with Crippen LogP contribution in [0.15, 0.2) is 23.1 Å². The second-order valence-corrected chi connectivity index (χ2v) is 6.41. The van der Waals surface area contributed by atoms with Gasteiger partial charge in [-0.25, -0.2) is 4.79 Å². The number of benzene rings is 1. The summed E-state index contributed by atoms with van der Waals surface area (Å²) in [7, 11) is 1.20. The zero-order valence-corrected chi connectivity index (χ0v) is 14.2. The predicted octanol–water partition coefficient (Wildman–Crippen LogP) is 1.43. The molecule has 1 aliphatic heterocycles. The van der Waals surface area contributed by atoms with Crippen molar-refractivity contribution < 1.29 is 24.4 Å². The zero-order valence-electron chi connectivity index (χ0n) is 12.5. The van der Waals surface area contributed by atoms with Gasteiger partial charge in [0.05, 0.1) is 16.9 Å². The van der Waals surface area contributed by atoms with Gasteiger partial charge in [0.15, 0.2) is 0 Å². The fourth-order valence-corrected chi connectivity index (χ4v) is 3.43. The number of carbonyl (C=O) groups is 2. The third kappa shape index (κ3) is 3.39. The number of thioether (sulfide) groups is 1. The molecular weight excluding hydrogens is 356 g/mol. The Kier molecular flexibility index (Phi) is 5.20. The van der Waals surface area contributed by atoms with Crippen LogP contribution in [-0.2, 0) is 14.3 Å². The van der Waals surface area contributed by atoms with Gasteiger partial charge < -0.3 is 9.84 Å². The first-order valence-corrected chi connectivity index (χ1v) is 7.79. The van der Waals surface area contributed by atoms with Gasteiger partial charge in [0.1, 0.15) is 10.4 Å². The minimum Gasteiger partial charge on any atom is -0.868 e. The van der Waals surface area contributed by atoms with Crippen LogP contribution in [0.25, 0.3) is 6.08 Å². The van der Waals surface area contributed by atoms with E-state index in [0.717, 1.165) is 28.8 Å². The average molecular weight is 367 g/mol. The van der Waals surface area contributed by atoms with E-state index >= 15 is 0 Å². The lowest BCUT2D eigenvalue weighted by molar-refractivity contribution is -0.398. The summed E-state index contributed by atoms with van der Waals surface area (Å²) < 4.78 is 4.78. The lowest BCUT2D eigenvalue weighted by Crippen LogP contribution is -2.42. The van der Waals surface area contributed by atoms with Gasteiger partial charge in [0.25, 0.3) is 11.6 Å². The van der Waals surface area contributed by atoms with Crippen molar-refractivity contribution in [2.75, 3.05) is 7.11 Å². The van der Waals surface area contributed by atoms with Crippen molar-refractivity contribution in [3.63, 3.8) is 0 Å². The number of nitrogens with zero attached hydrogens (tertiary/aromatic N) is 2. The van der Waals surface area contributed by atoms with E-state index in [2.05, 4.69) is 4.74 Å². The van der Waals surface area contributed by atoms with E-state index in [4.69, 9.17) is 12.2 Å². The number of rotatable bonds is 4. The van der Waals surface area contributed by atoms with Gasteiger partial charge >= 0.3 is 5.97 Å². The summed E-state index contributed by atoms with van der Waals surface area (Å²) >= 11 is 6.07. The molecule has 10 heteroatoms. The molecule has 0 bridgehead atoms. The highest BCUT2D eigenvalue weighted by Crippen LogP contribution is 2.35. The molecular formula is C14H11N2O6S2-. The molecule has 1 atom stereocenters. The first kappa shape index (κ1) is 17.9. The Morgan fingerprint density at radius 2 is 2.17 bits per heavy atom. The van der Waals surface area contributed by atoms with Crippen LogP contribution in [-0.4, -0.2) is 39.2 Å². The van der Waals surface area contributed by atoms with Crippen molar-refractivity contribution in [3.8, 4) is 5.75 Å². The summed E-state index contributed by atoms with van der Waals surface area (Å²) in [5.41, 5.74) is -0.269. The van der Waals surface area contributed by atoms with E-state index in [9.17, 15) is 24.8 Å². The molecule has 1 aliphatic rings. The molecule has 1 amide bonds. The van der Waals surface area contributed by atoms with Gasteiger partial charge in [-0.05, 0) is 24.3 Å². The van der Waals surface area contributed by atoms with Crippen LogP contribution < -0.4 is 5.11 Å². The van der Waals surface area contributed by atoms with E-state index in [1.54, 1.807) is 0 Å². The van der Waals surface area contributed by atoms with Crippen molar-refractivity contribution >= 4 is 51.9 Å². The van der Waals surface area contributed by atoms with Crippen LogP contribution in [0.2, 0.25) is 0 Å². The monoisotopic (exact) mass is 367 g/mol. The number of hydrogen-bond donors (Lipinski definition) is 0. The summed E-state index contributed by atoms with van der Waals surface area (Å²) in [4.78, 5) is 35.4. The lowest BCUT2D eigenvalue weighted by Gasteiger charge is -2.20. The highest BCUT2D eigenvalue weighted by molar-refractivity contribution is 8.26. The molecule has 0 aromatic heterocycles. The molecule has 0 N–H and O–H groups in total. The molecule has 0 spiro atoms. The van der Waals surface area contributed by atoms with Gasteiger partial charge in [-0.2, -0.15) is 0 Å². The predicted molar refractivity (Wildman–Crippen MR) is 89.0 cm³/mol. The van der Waals surface area contributed by atoms with Gasteiger partial charge in [-0.15, -0.1) is 0 Å². The first-order valence-electron chi connectivity index (χ1n) is 6.56. The van der Waals surface area contributed by atoms with Crippen molar-refractivity contribution in [2.45, 2.75) is 13.0 Å². The Bertz CT molecular complexity index is 777. The number of ether oxygens (including phenoxy) is 1. The Hall–Kier alpha value is -2.46. The highest BCUT2D eigenvalue weighted by atomic mass is 32.2. The minimum absolute atomic E-state index is 0.180. The maximum atomic E-state index is 12.4. The number of carbonyl (C=O) groups excluding carboxylic acids is 2. The molecule has 0 radical (unpaired) electrons. The molecule has 1 aromatic rings. The number of thiocarbonyl (C=S) groups is 1. The van der Waals surface area contributed by atoms with E-state index < -0.39 is 34.3 Å². The quantitative estimate of drug-likeness (QED) is 0.258. The maximum absolute atomic E-state index is 12.4. The standard InChI is InChI=1S/C14H12N2O6S2/c1-7(13(19)22-2)15-12(18)11(24-14(15)23)6-8-3-4-10(17)9(5-8)16(20)21/h3-7,17H,1-2H3/p-1/b11-6-/t7-/m1/s1. The number of hydrogen-bond acceptors (Lipinski definition) is 8. The van der Waals surface area contributed by atoms with Crippen molar-refractivity contribution in [1.82, 2.24) is 4.90 Å². The SMILES string of the molecule is COC(=O)[C@@H](C)N1C(=O)/C(=C/c2ccc([O-])c([N+](=O)[O-])c2)SC1=S. The smallest absolute Gasteiger partial charge is 0.328 e. The molecule has 2 rings (SSSR count).